The van der Waals surface area contributed by atoms with E-state index in [-0.39, 0.29) is 739 Å². The van der Waals surface area contributed by atoms with Gasteiger partial charge in [-0.2, -0.15) is 0 Å². The van der Waals surface area contributed by atoms with Crippen LogP contribution in [0.25, 0.3) is 0 Å². The van der Waals surface area contributed by atoms with Crippen LogP contribution in [-0.2, 0) is 160 Å². The Morgan fingerprint density at radius 3 is 0.0769 bits per heavy atom. The maximum Gasteiger partial charge on any atom is 1.00 e. The van der Waals surface area contributed by atoms with Crippen molar-refractivity contribution in [1.29, 1.82) is 0 Å². The zero-order valence-corrected chi connectivity index (χ0v) is 151. The van der Waals surface area contributed by atoms with Gasteiger partial charge in [-0.25, -0.2) is 45.7 Å². The van der Waals surface area contributed by atoms with Crippen LogP contribution in [0.1, 0.15) is 0 Å². The van der Waals surface area contributed by atoms with Crippen LogP contribution in [0.15, 0.2) is 0 Å². The van der Waals surface area contributed by atoms with Crippen molar-refractivity contribution in [2.45, 2.75) is 0 Å². The summed E-state index contributed by atoms with van der Waals surface area (Å²) >= 11 is 0. The van der Waals surface area contributed by atoms with Crippen LogP contribution in [-0.4, -0.2) is 48.9 Å². The summed E-state index contributed by atoms with van der Waals surface area (Å²) in [5, 5.41) is 0. The summed E-state index contributed by atoms with van der Waals surface area (Å²) in [6.07, 6.45) is 0. The van der Waals surface area contributed by atoms with Gasteiger partial charge in [0.15, 0.2) is 0 Å². The van der Waals surface area contributed by atoms with E-state index in [0.717, 1.165) is 0 Å². The molecule has 0 saturated carbocycles. The van der Waals surface area contributed by atoms with Gasteiger partial charge in [0.25, 0.3) is 0 Å². The molecule has 0 aromatic rings. The van der Waals surface area contributed by atoms with Crippen molar-refractivity contribution in [3.8, 4) is 0 Å². The first-order valence-electron chi connectivity index (χ1n) is 13.0. The summed E-state index contributed by atoms with van der Waals surface area (Å²) in [7, 11) is -35.4. The van der Waals surface area contributed by atoms with E-state index in [1.54, 1.807) is 0 Å². The molecule has 0 atom stereocenters. The Kier molecular flexibility index (Phi) is 3040. The zero-order chi connectivity index (χ0) is 94.7. The third-order valence-corrected chi connectivity index (χ3v) is 0. The second-order valence-electron chi connectivity index (χ2n) is 2.68. The Morgan fingerprint density at radius 1 is 0.0769 bits per heavy atom. The number of hydrogen-bond donors (Lipinski definition) is 10. The average Bonchev–Trinajstić information content (AvgIpc) is 3.52. The molecule has 0 aliphatic heterocycles. The zero-order valence-electron chi connectivity index (χ0n) is 69.6. The monoisotopic (exact) mass is 2790 g/mol. The van der Waals surface area contributed by atoms with Crippen molar-refractivity contribution < 1.29 is 1070 Å². The van der Waals surface area contributed by atoms with E-state index >= 15 is 0 Å². The second-order valence-corrected chi connectivity index (χ2v) is 8.04. The van der Waals surface area contributed by atoms with Gasteiger partial charge in [-0.3, -0.25) is 114 Å². The molecule has 10 N–H and O–H groups in total. The normalized spacial score (nSPS) is 5.65. The van der Waals surface area contributed by atoms with Gasteiger partial charge in [0.05, 0.1) is 217 Å². The summed E-state index contributed by atoms with van der Waals surface area (Å²) in [5.74, 6) is 0. The first-order valence-corrected chi connectivity index (χ1v) is 38.9. The summed E-state index contributed by atoms with van der Waals surface area (Å²) < 4.78 is 293. The molecule has 0 spiro atoms. The maximum absolute atomic E-state index is 8.46. The molecule has 130 heavy (non-hydrogen) atoms. The van der Waals surface area contributed by atoms with Crippen molar-refractivity contribution >= 4 is 304 Å². The van der Waals surface area contributed by atoms with Gasteiger partial charge in [-0.15, -0.1) is 0 Å². The maximum atomic E-state index is 8.46. The molecular formula is H10Na25O70P35. The van der Waals surface area contributed by atoms with Gasteiger partial charge in [0.1, 0.15) is 0 Å². The third kappa shape index (κ3) is 5020. The molecule has 70 nitrogen and oxygen atoms in total. The van der Waals surface area contributed by atoms with Crippen molar-refractivity contribution in [2.75, 3.05) is 0 Å². The molecule has 0 aromatic heterocycles. The minimum absolute atomic E-state index is 0. The molecule has 630 valence electrons. The molecule has 0 saturated heterocycles. The minimum atomic E-state index is -1.08. The first-order chi connectivity index (χ1) is 49.5. The smallest absolute Gasteiger partial charge is 0.772 e. The summed E-state index contributed by atoms with van der Waals surface area (Å²) in [4.78, 5) is 279. The molecule has 0 aliphatic carbocycles. The Hall–Kier alpha value is 27.1. The molecule has 0 amide bonds. The predicted octanol–water partition coefficient (Wildman–Crippen LogP) is -84.2. The topological polar surface area (TPSA) is 1380 Å². The summed E-state index contributed by atoms with van der Waals surface area (Å²) in [5.41, 5.74) is 0. The van der Waals surface area contributed by atoms with E-state index in [4.69, 9.17) is 331 Å². The standard InChI is InChI=1S/25Na.35HO2P/c;;;;;;;;;;;;;;;;;;;;;;;;;35*1-3-2/h;;;;;;;;;;;;;;;;;;;;;;;;;35*(H,1,2)/q25*+1;;;;;;;;;;;;;;;;;;;;;;;;;;;;;;;;;;;/p-25. The Morgan fingerprint density at radius 2 is 0.0769 bits per heavy atom. The summed E-state index contributed by atoms with van der Waals surface area (Å²) in [6.45, 7) is 0. The van der Waals surface area contributed by atoms with Gasteiger partial charge in [-0.05, 0) is 0 Å². The molecule has 0 unspecified atom stereocenters. The Labute approximate surface area is 1340 Å². The molecule has 0 aliphatic rings. The number of hydrogen-bond acceptors (Lipinski definition) is 60. The van der Waals surface area contributed by atoms with E-state index in [1.165, 1.54) is 0 Å². The average molecular weight is 2790 g/mol. The molecule has 0 heterocycles. The van der Waals surface area contributed by atoms with Crippen LogP contribution < -0.4 is 861 Å². The molecular weight excluding hydrogens is 2780 g/mol. The molecule has 0 rings (SSSR count). The van der Waals surface area contributed by atoms with Crippen molar-refractivity contribution in [1.82, 2.24) is 0 Å². The molecule has 0 aromatic carbocycles. The minimum Gasteiger partial charge on any atom is -0.772 e. The van der Waals surface area contributed by atoms with Crippen molar-refractivity contribution in [3.63, 3.8) is 0 Å². The van der Waals surface area contributed by atoms with Gasteiger partial charge in [0, 0.05) is 0 Å². The summed E-state index contributed by atoms with van der Waals surface area (Å²) in [6, 6.07) is 0. The van der Waals surface area contributed by atoms with Crippen molar-refractivity contribution in [3.05, 3.63) is 0 Å². The van der Waals surface area contributed by atoms with Crippen molar-refractivity contribution in [2.24, 2.45) is 0 Å². The number of rotatable bonds is 0. The van der Waals surface area contributed by atoms with E-state index in [1.807, 2.05) is 0 Å². The van der Waals surface area contributed by atoms with Crippen LogP contribution in [0, 0.1) is 0 Å². The molecule has 0 fully saturated rings. The van der Waals surface area contributed by atoms with Gasteiger partial charge in [0.2, 0.25) is 0 Å². The predicted molar refractivity (Wildman–Crippen MR) is 288 cm³/mol. The Bertz CT molecular complexity index is 990. The van der Waals surface area contributed by atoms with Crippen LogP contribution in [0.2, 0.25) is 0 Å². The van der Waals surface area contributed by atoms with Crippen LogP contribution >= 0.6 is 304 Å². The fourth-order valence-electron chi connectivity index (χ4n) is 0. The second kappa shape index (κ2) is 974. The third-order valence-electron chi connectivity index (χ3n) is 0. The van der Waals surface area contributed by atoms with E-state index in [2.05, 4.69) is 0 Å². The fraction of sp³-hybridized carbons (Fsp3) is 0. The van der Waals surface area contributed by atoms with Crippen LogP contribution in [0.3, 0.4) is 0 Å². The molecule has 0 radical (unpaired) electrons. The van der Waals surface area contributed by atoms with Gasteiger partial charge < -0.3 is 171 Å². The van der Waals surface area contributed by atoms with Gasteiger partial charge in [-0.1, -0.05) is 0 Å². The van der Waals surface area contributed by atoms with E-state index < -0.39 is 304 Å². The van der Waals surface area contributed by atoms with Gasteiger partial charge >= 0.3 is 826 Å². The quantitative estimate of drug-likeness (QED) is 0.0795. The molecule has 130 heteroatoms. The first kappa shape index (κ1) is 406. The van der Waals surface area contributed by atoms with Crippen LogP contribution in [0.5, 0.6) is 0 Å². The Balaban J connectivity index is -0.00000000665. The fourth-order valence-corrected chi connectivity index (χ4v) is 0. The van der Waals surface area contributed by atoms with Crippen LogP contribution in [0.4, 0.5) is 0 Å². The van der Waals surface area contributed by atoms with E-state index in [9.17, 15) is 0 Å². The SMILES string of the molecule is O=PO.O=PO.O=PO.O=PO.O=PO.O=PO.O=PO.O=PO.O=PO.O=PO.O=P[O-].O=P[O-].O=P[O-].O=P[O-].O=P[O-].O=P[O-].O=P[O-].O=P[O-].O=P[O-].O=P[O-].O=P[O-].O=P[O-].O=P[O-].O=P[O-].O=P[O-].O=P[O-].O=P[O-].O=P[O-].O=P[O-].O=P[O-].O=P[O-].O=P[O-].O=P[O-].O=P[O-].O=P[O-].[Na+].[Na+].[Na+].[Na+].[Na+].[Na+].[Na+].[Na+].[Na+].[Na+].[Na+].[Na+].[Na+].[Na+].[Na+].[Na+].[Na+].[Na+].[Na+].[Na+].[Na+].[Na+].[Na+].[Na+].[Na+]. The molecule has 0 bridgehead atoms. The van der Waals surface area contributed by atoms with E-state index in [0.29, 0.717) is 0 Å². The largest absolute Gasteiger partial charge is 1.00 e.